The number of hydrogen-bond acceptors (Lipinski definition) is 5. The summed E-state index contributed by atoms with van der Waals surface area (Å²) in [5.74, 6) is 0.367. The molecule has 0 saturated carbocycles. The van der Waals surface area contributed by atoms with Gasteiger partial charge in [0.05, 0.1) is 6.54 Å². The molecule has 0 aromatic heterocycles. The van der Waals surface area contributed by atoms with Gasteiger partial charge in [-0.15, -0.1) is 0 Å². The van der Waals surface area contributed by atoms with Crippen molar-refractivity contribution in [2.45, 2.75) is 44.4 Å². The topological polar surface area (TPSA) is 79.3 Å². The SMILES string of the molecule is CC1Oc2ccccc2OC1C(=O)N1CCCC(N(C)CC(=O)O)CC1. The second-order valence-electron chi connectivity index (χ2n) is 7.03. The highest BCUT2D eigenvalue weighted by molar-refractivity contribution is 5.82. The minimum atomic E-state index is -0.829. The van der Waals surface area contributed by atoms with Crippen molar-refractivity contribution in [3.8, 4) is 11.5 Å². The average Bonchev–Trinajstić information content (AvgIpc) is 2.86. The normalized spacial score (nSPS) is 25.7. The lowest BCUT2D eigenvalue weighted by Crippen LogP contribution is -2.51. The molecule has 0 spiro atoms. The molecule has 0 aliphatic carbocycles. The van der Waals surface area contributed by atoms with Crippen LogP contribution in [0.1, 0.15) is 26.2 Å². The highest BCUT2D eigenvalue weighted by Gasteiger charge is 2.37. The fourth-order valence-electron chi connectivity index (χ4n) is 3.65. The second kappa shape index (κ2) is 7.95. The van der Waals surface area contributed by atoms with E-state index in [0.717, 1.165) is 19.3 Å². The molecular weight excluding hydrogens is 336 g/mol. The fraction of sp³-hybridized carbons (Fsp3) is 0.579. The lowest BCUT2D eigenvalue weighted by atomic mass is 10.1. The van der Waals surface area contributed by atoms with E-state index in [-0.39, 0.29) is 24.6 Å². The van der Waals surface area contributed by atoms with Gasteiger partial charge in [-0.2, -0.15) is 0 Å². The van der Waals surface area contributed by atoms with Gasteiger partial charge in [-0.1, -0.05) is 12.1 Å². The Balaban J connectivity index is 1.62. The lowest BCUT2D eigenvalue weighted by molar-refractivity contribution is -0.144. The van der Waals surface area contributed by atoms with Gasteiger partial charge in [0, 0.05) is 19.1 Å². The molecule has 0 radical (unpaired) electrons. The molecule has 2 heterocycles. The summed E-state index contributed by atoms with van der Waals surface area (Å²) in [6.07, 6.45) is 1.48. The molecule has 1 fully saturated rings. The van der Waals surface area contributed by atoms with Crippen LogP contribution in [0.2, 0.25) is 0 Å². The van der Waals surface area contributed by atoms with Crippen LogP contribution >= 0.6 is 0 Å². The van der Waals surface area contributed by atoms with Gasteiger partial charge in [-0.05, 0) is 45.4 Å². The summed E-state index contributed by atoms with van der Waals surface area (Å²) in [6.45, 7) is 3.12. The highest BCUT2D eigenvalue weighted by atomic mass is 16.6. The van der Waals surface area contributed by atoms with Crippen molar-refractivity contribution in [3.63, 3.8) is 0 Å². The first-order chi connectivity index (χ1) is 12.5. The number of carboxylic acids is 1. The molecule has 1 amide bonds. The molecule has 1 saturated heterocycles. The first-order valence-electron chi connectivity index (χ1n) is 9.09. The molecule has 7 heteroatoms. The van der Waals surface area contributed by atoms with Gasteiger partial charge in [-0.25, -0.2) is 0 Å². The van der Waals surface area contributed by atoms with Gasteiger partial charge in [-0.3, -0.25) is 14.5 Å². The van der Waals surface area contributed by atoms with Crippen molar-refractivity contribution >= 4 is 11.9 Å². The number of nitrogens with zero attached hydrogens (tertiary/aromatic N) is 2. The number of likely N-dealkylation sites (N-methyl/N-ethyl adjacent to an activating group) is 1. The van der Waals surface area contributed by atoms with Gasteiger partial charge >= 0.3 is 5.97 Å². The number of fused-ring (bicyclic) bond motifs is 1. The molecule has 142 valence electrons. The number of likely N-dealkylation sites (tertiary alicyclic amines) is 1. The standard InChI is InChI=1S/C19H26N2O5/c1-13-18(26-16-8-4-3-7-15(16)25-13)19(24)21-10-5-6-14(9-11-21)20(2)12-17(22)23/h3-4,7-8,13-14,18H,5-6,9-12H2,1-2H3,(H,22,23). The van der Waals surface area contributed by atoms with Gasteiger partial charge in [0.25, 0.3) is 5.91 Å². The van der Waals surface area contributed by atoms with Gasteiger partial charge in [0.15, 0.2) is 11.5 Å². The van der Waals surface area contributed by atoms with E-state index in [1.807, 2.05) is 42.0 Å². The maximum absolute atomic E-state index is 13.0. The summed E-state index contributed by atoms with van der Waals surface area (Å²) >= 11 is 0. The van der Waals surface area contributed by atoms with Gasteiger partial charge < -0.3 is 19.5 Å². The van der Waals surface area contributed by atoms with E-state index < -0.39 is 12.1 Å². The van der Waals surface area contributed by atoms with Crippen LogP contribution in [-0.4, -0.2) is 71.7 Å². The molecule has 1 N–H and O–H groups in total. The molecule has 2 aliphatic rings. The highest BCUT2D eigenvalue weighted by Crippen LogP contribution is 2.34. The zero-order chi connectivity index (χ0) is 18.7. The molecule has 0 bridgehead atoms. The summed E-state index contributed by atoms with van der Waals surface area (Å²) in [7, 11) is 1.83. The molecule has 3 rings (SSSR count). The molecule has 2 aliphatic heterocycles. The van der Waals surface area contributed by atoms with E-state index in [0.29, 0.717) is 24.6 Å². The number of benzene rings is 1. The predicted molar refractivity (Wildman–Crippen MR) is 95.4 cm³/mol. The minimum absolute atomic E-state index is 0.0198. The summed E-state index contributed by atoms with van der Waals surface area (Å²) in [5, 5.41) is 8.97. The molecular formula is C19H26N2O5. The Kier molecular flexibility index (Phi) is 5.66. The number of carbonyl (C=O) groups excluding carboxylic acids is 1. The zero-order valence-corrected chi connectivity index (χ0v) is 15.3. The van der Waals surface area contributed by atoms with Crippen molar-refractivity contribution in [1.82, 2.24) is 9.80 Å². The van der Waals surface area contributed by atoms with Crippen LogP contribution in [0.3, 0.4) is 0 Å². The molecule has 26 heavy (non-hydrogen) atoms. The Morgan fingerprint density at radius 3 is 2.58 bits per heavy atom. The van der Waals surface area contributed by atoms with Crippen LogP contribution < -0.4 is 9.47 Å². The summed E-state index contributed by atoms with van der Waals surface area (Å²) in [6, 6.07) is 7.54. The van der Waals surface area contributed by atoms with E-state index in [9.17, 15) is 9.59 Å². The summed E-state index contributed by atoms with van der Waals surface area (Å²) in [4.78, 5) is 27.6. The Hall–Kier alpha value is -2.28. The average molecular weight is 362 g/mol. The maximum atomic E-state index is 13.0. The Bertz CT molecular complexity index is 665. The van der Waals surface area contributed by atoms with Gasteiger partial charge in [0.1, 0.15) is 6.10 Å². The lowest BCUT2D eigenvalue weighted by Gasteiger charge is -2.34. The second-order valence-corrected chi connectivity index (χ2v) is 7.03. The maximum Gasteiger partial charge on any atom is 0.317 e. The number of ether oxygens (including phenoxy) is 2. The van der Waals surface area contributed by atoms with Crippen molar-refractivity contribution in [2.75, 3.05) is 26.7 Å². The molecule has 1 aromatic carbocycles. The molecule has 7 nitrogen and oxygen atoms in total. The van der Waals surface area contributed by atoms with Crippen LogP contribution in [0.15, 0.2) is 24.3 Å². The third-order valence-corrected chi connectivity index (χ3v) is 5.10. The van der Waals surface area contributed by atoms with E-state index in [2.05, 4.69) is 0 Å². The van der Waals surface area contributed by atoms with Crippen molar-refractivity contribution in [1.29, 1.82) is 0 Å². The predicted octanol–water partition coefficient (Wildman–Crippen LogP) is 1.61. The van der Waals surface area contributed by atoms with E-state index in [1.54, 1.807) is 6.07 Å². The largest absolute Gasteiger partial charge is 0.482 e. The van der Waals surface area contributed by atoms with E-state index in [1.165, 1.54) is 0 Å². The zero-order valence-electron chi connectivity index (χ0n) is 15.3. The van der Waals surface area contributed by atoms with Crippen LogP contribution in [0, 0.1) is 0 Å². The number of rotatable bonds is 4. The third kappa shape index (κ3) is 4.09. The number of hydrogen-bond donors (Lipinski definition) is 1. The first-order valence-corrected chi connectivity index (χ1v) is 9.09. The van der Waals surface area contributed by atoms with E-state index in [4.69, 9.17) is 14.6 Å². The molecule has 3 atom stereocenters. The van der Waals surface area contributed by atoms with Crippen LogP contribution in [0.5, 0.6) is 11.5 Å². The first kappa shape index (κ1) is 18.5. The van der Waals surface area contributed by atoms with Crippen molar-refractivity contribution in [3.05, 3.63) is 24.3 Å². The van der Waals surface area contributed by atoms with Crippen molar-refractivity contribution in [2.24, 2.45) is 0 Å². The van der Waals surface area contributed by atoms with Crippen LogP contribution in [0.4, 0.5) is 0 Å². The summed E-state index contributed by atoms with van der Waals surface area (Å²) < 4.78 is 11.8. The monoisotopic (exact) mass is 362 g/mol. The smallest absolute Gasteiger partial charge is 0.317 e. The van der Waals surface area contributed by atoms with Crippen LogP contribution in [0.25, 0.3) is 0 Å². The Morgan fingerprint density at radius 1 is 1.19 bits per heavy atom. The number of carboxylic acid groups (broad SMARTS) is 1. The Morgan fingerprint density at radius 2 is 1.88 bits per heavy atom. The Labute approximate surface area is 153 Å². The summed E-state index contributed by atoms with van der Waals surface area (Å²) in [5.41, 5.74) is 0. The number of para-hydroxylation sites is 2. The number of amides is 1. The number of aliphatic carboxylic acids is 1. The van der Waals surface area contributed by atoms with Crippen LogP contribution in [-0.2, 0) is 9.59 Å². The molecule has 3 unspecified atom stereocenters. The fourth-order valence-corrected chi connectivity index (χ4v) is 3.65. The quantitative estimate of drug-likeness (QED) is 0.877. The molecule has 1 aromatic rings. The third-order valence-electron chi connectivity index (χ3n) is 5.10. The van der Waals surface area contributed by atoms with Crippen molar-refractivity contribution < 1.29 is 24.2 Å². The minimum Gasteiger partial charge on any atom is -0.482 e. The number of carbonyl (C=O) groups is 2. The van der Waals surface area contributed by atoms with Gasteiger partial charge in [0.2, 0.25) is 6.10 Å². The van der Waals surface area contributed by atoms with E-state index >= 15 is 0 Å².